The van der Waals surface area contributed by atoms with Crippen molar-refractivity contribution in [2.45, 2.75) is 124 Å². The zero-order valence-electron chi connectivity index (χ0n) is 22.3. The summed E-state index contributed by atoms with van der Waals surface area (Å²) in [5, 5.41) is 11.3. The van der Waals surface area contributed by atoms with Gasteiger partial charge in [-0.05, 0) is 86.4 Å². The molecule has 1 N–H and O–H groups in total. The zero-order chi connectivity index (χ0) is 23.6. The molecule has 3 nitrogen and oxygen atoms in total. The Kier molecular flexibility index (Phi) is 6.15. The lowest BCUT2D eigenvalue weighted by Crippen LogP contribution is -2.60. The van der Waals surface area contributed by atoms with Gasteiger partial charge in [0, 0.05) is 18.3 Å². The average Bonchev–Trinajstić information content (AvgIpc) is 3.36. The van der Waals surface area contributed by atoms with Crippen LogP contribution >= 0.6 is 0 Å². The largest absolute Gasteiger partial charge is 0.393 e. The van der Waals surface area contributed by atoms with Crippen molar-refractivity contribution in [3.8, 4) is 0 Å². The summed E-state index contributed by atoms with van der Waals surface area (Å²) in [6.07, 6.45) is 13.0. The first-order chi connectivity index (χ1) is 15.6. The Morgan fingerprint density at radius 1 is 0.909 bits per heavy atom. The SMILES string of the molecule is CC(C)CC[C@@H](C)[C@H]1CC[C@H]2C3=C(CC[C@]12C)[C@@]1(C)CCC2(C[C@@]1(C(C)O)CC3)OCCO2. The highest BCUT2D eigenvalue weighted by molar-refractivity contribution is 5.37. The Labute approximate surface area is 203 Å². The molecule has 1 spiro atoms. The van der Waals surface area contributed by atoms with Crippen molar-refractivity contribution in [3.63, 3.8) is 0 Å². The Balaban J connectivity index is 1.45. The van der Waals surface area contributed by atoms with Gasteiger partial charge in [0.05, 0.1) is 19.3 Å². The minimum absolute atomic E-state index is 0.0813. The lowest BCUT2D eigenvalue weighted by atomic mass is 9.43. The van der Waals surface area contributed by atoms with Crippen LogP contribution in [-0.2, 0) is 9.47 Å². The van der Waals surface area contributed by atoms with Crippen LogP contribution in [0.2, 0.25) is 0 Å². The van der Waals surface area contributed by atoms with Crippen LogP contribution in [0.1, 0.15) is 112 Å². The maximum Gasteiger partial charge on any atom is 0.169 e. The van der Waals surface area contributed by atoms with Gasteiger partial charge in [0.15, 0.2) is 5.79 Å². The van der Waals surface area contributed by atoms with Gasteiger partial charge in [0.25, 0.3) is 0 Å². The van der Waals surface area contributed by atoms with Gasteiger partial charge in [0.1, 0.15) is 0 Å². The lowest BCUT2D eigenvalue weighted by molar-refractivity contribution is -0.246. The fourth-order valence-electron chi connectivity index (χ4n) is 9.84. The van der Waals surface area contributed by atoms with Gasteiger partial charge in [-0.15, -0.1) is 0 Å². The molecule has 1 unspecified atom stereocenters. The molecule has 4 aliphatic carbocycles. The number of allylic oxidation sites excluding steroid dienone is 2. The van der Waals surface area contributed by atoms with Crippen molar-refractivity contribution in [1.82, 2.24) is 0 Å². The van der Waals surface area contributed by atoms with E-state index in [0.29, 0.717) is 18.6 Å². The number of hydrogen-bond acceptors (Lipinski definition) is 3. The predicted molar refractivity (Wildman–Crippen MR) is 134 cm³/mol. The number of hydrogen-bond donors (Lipinski definition) is 1. The molecule has 0 aromatic heterocycles. The van der Waals surface area contributed by atoms with Gasteiger partial charge < -0.3 is 14.6 Å². The van der Waals surface area contributed by atoms with Crippen LogP contribution in [0.25, 0.3) is 0 Å². The second kappa shape index (κ2) is 8.34. The molecule has 1 aliphatic heterocycles. The Morgan fingerprint density at radius 3 is 2.30 bits per heavy atom. The molecule has 2 saturated carbocycles. The number of aliphatic hydroxyl groups excluding tert-OH is 1. The smallest absolute Gasteiger partial charge is 0.169 e. The minimum Gasteiger partial charge on any atom is -0.393 e. The predicted octanol–water partition coefficient (Wildman–Crippen LogP) is 7.28. The van der Waals surface area contributed by atoms with Crippen molar-refractivity contribution >= 4 is 0 Å². The summed E-state index contributed by atoms with van der Waals surface area (Å²) in [6, 6.07) is 0. The van der Waals surface area contributed by atoms with Crippen LogP contribution in [0.5, 0.6) is 0 Å². The summed E-state index contributed by atoms with van der Waals surface area (Å²) in [5.41, 5.74) is 4.01. The highest BCUT2D eigenvalue weighted by Gasteiger charge is 2.65. The molecular formula is C30H50O3. The molecule has 1 saturated heterocycles. The average molecular weight is 459 g/mol. The second-order valence-corrected chi connectivity index (χ2v) is 13.6. The zero-order valence-corrected chi connectivity index (χ0v) is 22.3. The fraction of sp³-hybridized carbons (Fsp3) is 0.933. The number of aliphatic hydroxyl groups is 1. The number of rotatable bonds is 5. The van der Waals surface area contributed by atoms with E-state index in [9.17, 15) is 5.11 Å². The fourth-order valence-corrected chi connectivity index (χ4v) is 9.84. The van der Waals surface area contributed by atoms with E-state index in [4.69, 9.17) is 9.47 Å². The second-order valence-electron chi connectivity index (χ2n) is 13.6. The summed E-state index contributed by atoms with van der Waals surface area (Å²) in [6.45, 7) is 15.9. The monoisotopic (exact) mass is 458 g/mol. The third-order valence-electron chi connectivity index (χ3n) is 11.8. The Bertz CT molecular complexity index is 777. The summed E-state index contributed by atoms with van der Waals surface area (Å²) in [5.74, 6) is 2.86. The first kappa shape index (κ1) is 24.3. The molecule has 3 heteroatoms. The van der Waals surface area contributed by atoms with Gasteiger partial charge in [0.2, 0.25) is 0 Å². The van der Waals surface area contributed by atoms with Crippen LogP contribution in [-0.4, -0.2) is 30.2 Å². The van der Waals surface area contributed by atoms with Crippen molar-refractivity contribution in [3.05, 3.63) is 11.1 Å². The minimum atomic E-state index is -0.442. The third-order valence-corrected chi connectivity index (χ3v) is 11.8. The standard InChI is InChI=1S/C30H50O3/c1-20(2)7-8-21(3)24-9-10-25-23-11-14-29(22(4)31)19-30(32-17-18-33-30)16-15-28(29,6)26(23)12-13-27(24,25)5/h20-22,24-25,31H,7-19H2,1-6H3/t21-,22?,24-,25+,27-,28-,29-/m1/s1. The maximum absolute atomic E-state index is 11.3. The highest BCUT2D eigenvalue weighted by Crippen LogP contribution is 2.71. The van der Waals surface area contributed by atoms with E-state index < -0.39 is 5.79 Å². The summed E-state index contributed by atoms with van der Waals surface area (Å²) in [7, 11) is 0. The molecular weight excluding hydrogens is 408 g/mol. The van der Waals surface area contributed by atoms with Crippen molar-refractivity contribution in [2.24, 2.45) is 39.9 Å². The van der Waals surface area contributed by atoms with Crippen LogP contribution in [0.15, 0.2) is 11.1 Å². The van der Waals surface area contributed by atoms with Gasteiger partial charge in [-0.3, -0.25) is 0 Å². The molecule has 0 bridgehead atoms. The topological polar surface area (TPSA) is 38.7 Å². The molecule has 33 heavy (non-hydrogen) atoms. The molecule has 0 aromatic carbocycles. The Hall–Kier alpha value is -0.380. The van der Waals surface area contributed by atoms with Crippen molar-refractivity contribution < 1.29 is 14.6 Å². The number of fused-ring (bicyclic) bond motifs is 4. The first-order valence-corrected chi connectivity index (χ1v) is 14.3. The highest BCUT2D eigenvalue weighted by atomic mass is 16.7. The molecule has 0 aromatic rings. The lowest BCUT2D eigenvalue weighted by Gasteiger charge is -2.63. The molecule has 0 amide bonds. The van der Waals surface area contributed by atoms with E-state index in [1.807, 2.05) is 12.5 Å². The summed E-state index contributed by atoms with van der Waals surface area (Å²) in [4.78, 5) is 0. The summed E-state index contributed by atoms with van der Waals surface area (Å²) >= 11 is 0. The van der Waals surface area contributed by atoms with Crippen LogP contribution in [0.4, 0.5) is 0 Å². The molecule has 7 atom stereocenters. The van der Waals surface area contributed by atoms with Gasteiger partial charge >= 0.3 is 0 Å². The van der Waals surface area contributed by atoms with E-state index in [-0.39, 0.29) is 16.9 Å². The van der Waals surface area contributed by atoms with E-state index in [2.05, 4.69) is 34.6 Å². The molecule has 3 fully saturated rings. The molecule has 5 aliphatic rings. The van der Waals surface area contributed by atoms with Crippen molar-refractivity contribution in [2.75, 3.05) is 13.2 Å². The molecule has 188 valence electrons. The van der Waals surface area contributed by atoms with Crippen LogP contribution in [0, 0.1) is 39.9 Å². The first-order valence-electron chi connectivity index (χ1n) is 14.3. The van der Waals surface area contributed by atoms with Crippen LogP contribution in [0.3, 0.4) is 0 Å². The van der Waals surface area contributed by atoms with Crippen LogP contribution < -0.4 is 0 Å². The van der Waals surface area contributed by atoms with Gasteiger partial charge in [-0.2, -0.15) is 0 Å². The molecule has 5 rings (SSSR count). The van der Waals surface area contributed by atoms with E-state index in [1.54, 1.807) is 5.57 Å². The Morgan fingerprint density at radius 2 is 1.64 bits per heavy atom. The summed E-state index contributed by atoms with van der Waals surface area (Å²) < 4.78 is 12.4. The van der Waals surface area contributed by atoms with Crippen molar-refractivity contribution in [1.29, 1.82) is 0 Å². The van der Waals surface area contributed by atoms with E-state index >= 15 is 0 Å². The molecule has 0 radical (unpaired) electrons. The normalized spacial score (nSPS) is 44.0. The van der Waals surface area contributed by atoms with E-state index in [0.717, 1.165) is 49.4 Å². The number of ether oxygens (including phenoxy) is 2. The quantitative estimate of drug-likeness (QED) is 0.440. The van der Waals surface area contributed by atoms with Gasteiger partial charge in [-0.1, -0.05) is 58.6 Å². The van der Waals surface area contributed by atoms with E-state index in [1.165, 1.54) is 44.9 Å². The molecule has 1 heterocycles. The maximum atomic E-state index is 11.3. The van der Waals surface area contributed by atoms with Gasteiger partial charge in [-0.25, -0.2) is 0 Å². The third kappa shape index (κ3) is 3.53.